The molecule has 86 valence electrons. The van der Waals surface area contributed by atoms with Crippen molar-refractivity contribution in [3.05, 3.63) is 35.5 Å². The summed E-state index contributed by atoms with van der Waals surface area (Å²) < 4.78 is 7.02. The highest BCUT2D eigenvalue weighted by Crippen LogP contribution is 2.30. The van der Waals surface area contributed by atoms with Crippen molar-refractivity contribution in [2.24, 2.45) is 7.05 Å². The van der Waals surface area contributed by atoms with E-state index in [-0.39, 0.29) is 0 Å². The van der Waals surface area contributed by atoms with Crippen LogP contribution in [0.15, 0.2) is 24.3 Å². The van der Waals surface area contributed by atoms with E-state index in [4.69, 9.17) is 10.00 Å². The zero-order valence-corrected chi connectivity index (χ0v) is 10.1. The highest BCUT2D eigenvalue weighted by Gasteiger charge is 2.12. The van der Waals surface area contributed by atoms with E-state index in [0.29, 0.717) is 5.69 Å². The minimum atomic E-state index is 0.408. The minimum absolute atomic E-state index is 0.408. The SMILES string of the molecule is COc1ccc(C)cc1-c1cc(C#N)nn1C. The lowest BCUT2D eigenvalue weighted by molar-refractivity contribution is 0.416. The first-order chi connectivity index (χ1) is 8.15. The second-order valence-corrected chi connectivity index (χ2v) is 3.85. The summed E-state index contributed by atoms with van der Waals surface area (Å²) in [5, 5.41) is 13.0. The highest BCUT2D eigenvalue weighted by molar-refractivity contribution is 5.69. The minimum Gasteiger partial charge on any atom is -0.496 e. The average Bonchev–Trinajstić information content (AvgIpc) is 2.70. The fourth-order valence-corrected chi connectivity index (χ4v) is 1.80. The smallest absolute Gasteiger partial charge is 0.163 e. The number of methoxy groups -OCH3 is 1. The Morgan fingerprint density at radius 3 is 2.71 bits per heavy atom. The van der Waals surface area contributed by atoms with E-state index in [9.17, 15) is 0 Å². The molecule has 0 amide bonds. The van der Waals surface area contributed by atoms with E-state index < -0.39 is 0 Å². The first-order valence-corrected chi connectivity index (χ1v) is 5.25. The van der Waals surface area contributed by atoms with Gasteiger partial charge in [0, 0.05) is 18.7 Å². The van der Waals surface area contributed by atoms with Crippen molar-refractivity contribution in [1.82, 2.24) is 9.78 Å². The Balaban J connectivity index is 2.63. The van der Waals surface area contributed by atoms with E-state index in [2.05, 4.69) is 5.10 Å². The summed E-state index contributed by atoms with van der Waals surface area (Å²) in [7, 11) is 3.45. The topological polar surface area (TPSA) is 50.8 Å². The maximum absolute atomic E-state index is 8.85. The molecule has 0 N–H and O–H groups in total. The Morgan fingerprint density at radius 2 is 2.12 bits per heavy atom. The first-order valence-electron chi connectivity index (χ1n) is 5.25. The molecule has 0 atom stereocenters. The van der Waals surface area contributed by atoms with Crippen LogP contribution in [-0.4, -0.2) is 16.9 Å². The molecule has 2 rings (SSSR count). The maximum Gasteiger partial charge on any atom is 0.163 e. The molecule has 0 aliphatic carbocycles. The van der Waals surface area contributed by atoms with Crippen molar-refractivity contribution in [1.29, 1.82) is 5.26 Å². The molecule has 0 spiro atoms. The van der Waals surface area contributed by atoms with Gasteiger partial charge in [-0.3, -0.25) is 4.68 Å². The summed E-state index contributed by atoms with van der Waals surface area (Å²) >= 11 is 0. The largest absolute Gasteiger partial charge is 0.496 e. The van der Waals surface area contributed by atoms with Gasteiger partial charge in [0.1, 0.15) is 11.8 Å². The van der Waals surface area contributed by atoms with Crippen LogP contribution in [0.1, 0.15) is 11.3 Å². The molecule has 0 saturated heterocycles. The van der Waals surface area contributed by atoms with Crippen LogP contribution < -0.4 is 4.74 Å². The number of nitrogens with zero attached hydrogens (tertiary/aromatic N) is 3. The molecule has 0 fully saturated rings. The Bertz CT molecular complexity index is 593. The van der Waals surface area contributed by atoms with Gasteiger partial charge in [-0.25, -0.2) is 0 Å². The number of hydrogen-bond acceptors (Lipinski definition) is 3. The van der Waals surface area contributed by atoms with Crippen molar-refractivity contribution in [3.8, 4) is 23.1 Å². The molecule has 1 aromatic heterocycles. The van der Waals surface area contributed by atoms with Gasteiger partial charge in [-0.15, -0.1) is 0 Å². The molecule has 4 heteroatoms. The number of aryl methyl sites for hydroxylation is 2. The summed E-state index contributed by atoms with van der Waals surface area (Å²) in [5.41, 5.74) is 3.37. The van der Waals surface area contributed by atoms with Crippen LogP contribution in [0.3, 0.4) is 0 Å². The van der Waals surface area contributed by atoms with Gasteiger partial charge in [0.2, 0.25) is 0 Å². The Kier molecular flexibility index (Phi) is 2.84. The van der Waals surface area contributed by atoms with Crippen LogP contribution in [0.5, 0.6) is 5.75 Å². The number of benzene rings is 1. The highest BCUT2D eigenvalue weighted by atomic mass is 16.5. The van der Waals surface area contributed by atoms with Crippen LogP contribution in [-0.2, 0) is 7.05 Å². The lowest BCUT2D eigenvalue weighted by atomic mass is 10.1. The van der Waals surface area contributed by atoms with Crippen molar-refractivity contribution in [2.45, 2.75) is 6.92 Å². The van der Waals surface area contributed by atoms with Crippen LogP contribution in [0.4, 0.5) is 0 Å². The quantitative estimate of drug-likeness (QED) is 0.790. The number of nitriles is 1. The number of rotatable bonds is 2. The molecule has 1 aromatic carbocycles. The lowest BCUT2D eigenvalue weighted by Crippen LogP contribution is -1.96. The average molecular weight is 227 g/mol. The molecule has 0 aliphatic rings. The first kappa shape index (κ1) is 11.2. The van der Waals surface area contributed by atoms with E-state index in [1.54, 1.807) is 17.9 Å². The summed E-state index contributed by atoms with van der Waals surface area (Å²) in [6.07, 6.45) is 0. The van der Waals surface area contributed by atoms with Crippen LogP contribution in [0.2, 0.25) is 0 Å². The van der Waals surface area contributed by atoms with Gasteiger partial charge in [0.05, 0.1) is 12.8 Å². The normalized spacial score (nSPS) is 10.0. The van der Waals surface area contributed by atoms with Crippen molar-refractivity contribution in [3.63, 3.8) is 0 Å². The molecule has 0 radical (unpaired) electrons. The summed E-state index contributed by atoms with van der Waals surface area (Å²) in [4.78, 5) is 0. The standard InChI is InChI=1S/C13H13N3O/c1-9-4-5-13(17-3)11(6-9)12-7-10(8-14)15-16(12)2/h4-7H,1-3H3. The van der Waals surface area contributed by atoms with Crippen molar-refractivity contribution < 1.29 is 4.74 Å². The van der Waals surface area contributed by atoms with Gasteiger partial charge >= 0.3 is 0 Å². The van der Waals surface area contributed by atoms with Crippen molar-refractivity contribution in [2.75, 3.05) is 7.11 Å². The molecular weight excluding hydrogens is 214 g/mol. The zero-order chi connectivity index (χ0) is 12.4. The number of hydrogen-bond donors (Lipinski definition) is 0. The molecule has 17 heavy (non-hydrogen) atoms. The molecule has 2 aromatic rings. The maximum atomic E-state index is 8.85. The molecule has 0 saturated carbocycles. The van der Waals surface area contributed by atoms with Gasteiger partial charge in [-0.2, -0.15) is 10.4 Å². The lowest BCUT2D eigenvalue weighted by Gasteiger charge is -2.09. The fraction of sp³-hybridized carbons (Fsp3) is 0.231. The zero-order valence-electron chi connectivity index (χ0n) is 10.1. The van der Waals surface area contributed by atoms with Crippen LogP contribution >= 0.6 is 0 Å². The van der Waals surface area contributed by atoms with E-state index in [1.807, 2.05) is 38.2 Å². The Morgan fingerprint density at radius 1 is 1.35 bits per heavy atom. The second-order valence-electron chi connectivity index (χ2n) is 3.85. The summed E-state index contributed by atoms with van der Waals surface area (Å²) in [5.74, 6) is 0.781. The molecule has 4 nitrogen and oxygen atoms in total. The predicted molar refractivity (Wildman–Crippen MR) is 64.6 cm³/mol. The summed E-state index contributed by atoms with van der Waals surface area (Å²) in [6, 6.07) is 9.73. The van der Waals surface area contributed by atoms with Crippen LogP contribution in [0, 0.1) is 18.3 Å². The third kappa shape index (κ3) is 2.00. The van der Waals surface area contributed by atoms with Gasteiger partial charge in [0.15, 0.2) is 5.69 Å². The molecular formula is C13H13N3O. The van der Waals surface area contributed by atoms with Crippen molar-refractivity contribution >= 4 is 0 Å². The van der Waals surface area contributed by atoms with Gasteiger partial charge in [-0.1, -0.05) is 11.6 Å². The van der Waals surface area contributed by atoms with E-state index >= 15 is 0 Å². The predicted octanol–water partition coefficient (Wildman–Crippen LogP) is 2.28. The Labute approximate surface area is 100 Å². The fourth-order valence-electron chi connectivity index (χ4n) is 1.80. The molecule has 0 aliphatic heterocycles. The molecule has 1 heterocycles. The van der Waals surface area contributed by atoms with Crippen LogP contribution in [0.25, 0.3) is 11.3 Å². The van der Waals surface area contributed by atoms with E-state index in [0.717, 1.165) is 22.6 Å². The monoisotopic (exact) mass is 227 g/mol. The third-order valence-corrected chi connectivity index (χ3v) is 2.63. The molecule has 0 unspecified atom stereocenters. The molecule has 0 bridgehead atoms. The number of ether oxygens (including phenoxy) is 1. The van der Waals surface area contributed by atoms with Gasteiger partial charge < -0.3 is 4.74 Å². The summed E-state index contributed by atoms with van der Waals surface area (Å²) in [6.45, 7) is 2.02. The van der Waals surface area contributed by atoms with E-state index in [1.165, 1.54) is 0 Å². The Hall–Kier alpha value is -2.28. The number of aromatic nitrogens is 2. The third-order valence-electron chi connectivity index (χ3n) is 2.63. The second kappa shape index (κ2) is 4.30. The van der Waals surface area contributed by atoms with Gasteiger partial charge in [-0.05, 0) is 19.1 Å². The van der Waals surface area contributed by atoms with Gasteiger partial charge in [0.25, 0.3) is 0 Å².